The lowest BCUT2D eigenvalue weighted by Gasteiger charge is -2.37. The first-order chi connectivity index (χ1) is 9.76. The summed E-state index contributed by atoms with van der Waals surface area (Å²) in [7, 11) is 0. The van der Waals surface area contributed by atoms with Crippen LogP contribution in [0.4, 0.5) is 0 Å². The van der Waals surface area contributed by atoms with E-state index in [-0.39, 0.29) is 17.3 Å². The Kier molecular flexibility index (Phi) is 4.85. The Morgan fingerprint density at radius 3 is 2.43 bits per heavy atom. The highest BCUT2D eigenvalue weighted by molar-refractivity contribution is 7.07. The predicted molar refractivity (Wildman–Crippen MR) is 82.6 cm³/mol. The van der Waals surface area contributed by atoms with Crippen LogP contribution in [0, 0.1) is 6.92 Å². The van der Waals surface area contributed by atoms with Crippen LogP contribution in [-0.4, -0.2) is 63.7 Å². The van der Waals surface area contributed by atoms with Crippen molar-refractivity contribution in [2.45, 2.75) is 32.9 Å². The van der Waals surface area contributed by atoms with Gasteiger partial charge in [0.2, 0.25) is 5.91 Å². The summed E-state index contributed by atoms with van der Waals surface area (Å²) in [5.74, 6) is -0.0125. The summed E-state index contributed by atoms with van der Waals surface area (Å²) in [6, 6.07) is 0. The first kappa shape index (κ1) is 16.2. The third-order valence-corrected chi connectivity index (χ3v) is 4.49. The molecule has 2 rings (SSSR count). The van der Waals surface area contributed by atoms with Gasteiger partial charge in [-0.25, -0.2) is 0 Å². The zero-order valence-corrected chi connectivity index (χ0v) is 13.7. The van der Waals surface area contributed by atoms with Crippen LogP contribution in [0.5, 0.6) is 0 Å². The molecule has 1 N–H and O–H groups in total. The second-order valence-electron chi connectivity index (χ2n) is 6.20. The second kappa shape index (κ2) is 6.29. The van der Waals surface area contributed by atoms with Crippen molar-refractivity contribution in [3.8, 4) is 0 Å². The van der Waals surface area contributed by atoms with Crippen LogP contribution in [0.2, 0.25) is 0 Å². The Hall–Kier alpha value is -1.18. The normalized spacial score (nSPS) is 17.2. The van der Waals surface area contributed by atoms with Gasteiger partial charge < -0.3 is 10.0 Å². The molecule has 6 nitrogen and oxygen atoms in total. The van der Waals surface area contributed by atoms with Gasteiger partial charge in [-0.3, -0.25) is 19.1 Å². The molecule has 7 heteroatoms. The maximum atomic E-state index is 12.3. The van der Waals surface area contributed by atoms with E-state index >= 15 is 0 Å². The van der Waals surface area contributed by atoms with E-state index in [9.17, 15) is 14.7 Å². The largest absolute Gasteiger partial charge is 0.389 e. The van der Waals surface area contributed by atoms with Gasteiger partial charge >= 0.3 is 4.87 Å². The topological polar surface area (TPSA) is 65.8 Å². The zero-order valence-electron chi connectivity index (χ0n) is 12.8. The number of piperazine rings is 1. The van der Waals surface area contributed by atoms with Crippen molar-refractivity contribution < 1.29 is 9.90 Å². The molecule has 1 aliphatic rings. The molecule has 118 valence electrons. The Balaban J connectivity index is 1.88. The van der Waals surface area contributed by atoms with Crippen molar-refractivity contribution in [2.75, 3.05) is 32.7 Å². The molecule has 1 aliphatic heterocycles. The van der Waals surface area contributed by atoms with E-state index in [0.29, 0.717) is 19.6 Å². The number of amides is 1. The Morgan fingerprint density at radius 2 is 1.95 bits per heavy atom. The summed E-state index contributed by atoms with van der Waals surface area (Å²) in [6.07, 6.45) is 0. The lowest BCUT2D eigenvalue weighted by atomic mass is 10.1. The fourth-order valence-electron chi connectivity index (χ4n) is 2.53. The number of rotatable bonds is 4. The van der Waals surface area contributed by atoms with Crippen molar-refractivity contribution in [2.24, 2.45) is 0 Å². The average molecular weight is 313 g/mol. The Labute approximate surface area is 128 Å². The van der Waals surface area contributed by atoms with Crippen molar-refractivity contribution in [1.29, 1.82) is 0 Å². The van der Waals surface area contributed by atoms with Gasteiger partial charge in [-0.2, -0.15) is 0 Å². The van der Waals surface area contributed by atoms with Gasteiger partial charge in [0.25, 0.3) is 0 Å². The fraction of sp³-hybridized carbons (Fsp3) is 0.714. The Morgan fingerprint density at radius 1 is 1.33 bits per heavy atom. The monoisotopic (exact) mass is 313 g/mol. The number of carbonyl (C=O) groups is 1. The zero-order chi connectivity index (χ0) is 15.6. The highest BCUT2D eigenvalue weighted by atomic mass is 32.1. The third kappa shape index (κ3) is 4.39. The smallest absolute Gasteiger partial charge is 0.307 e. The van der Waals surface area contributed by atoms with Gasteiger partial charge in [0, 0.05) is 43.8 Å². The van der Waals surface area contributed by atoms with Crippen LogP contribution in [0.25, 0.3) is 0 Å². The minimum Gasteiger partial charge on any atom is -0.389 e. The predicted octanol–water partition coefficient (Wildman–Crippen LogP) is 0.133. The van der Waals surface area contributed by atoms with Gasteiger partial charge in [0.15, 0.2) is 0 Å². The first-order valence-electron chi connectivity index (χ1n) is 7.14. The van der Waals surface area contributed by atoms with Crippen molar-refractivity contribution in [3.63, 3.8) is 0 Å². The number of nitrogens with zero attached hydrogens (tertiary/aromatic N) is 3. The molecule has 0 aliphatic carbocycles. The maximum Gasteiger partial charge on any atom is 0.307 e. The lowest BCUT2D eigenvalue weighted by molar-refractivity contribution is -0.134. The summed E-state index contributed by atoms with van der Waals surface area (Å²) >= 11 is 1.13. The molecule has 0 spiro atoms. The molecule has 1 aromatic rings. The molecule has 2 heterocycles. The molecule has 1 aromatic heterocycles. The molecular formula is C14H23N3O3S. The number of aliphatic hydroxyl groups is 1. The minimum atomic E-state index is -0.715. The minimum absolute atomic E-state index is 0.0125. The van der Waals surface area contributed by atoms with E-state index in [0.717, 1.165) is 30.1 Å². The van der Waals surface area contributed by atoms with Gasteiger partial charge in [-0.05, 0) is 20.8 Å². The SMILES string of the molecule is Cc1csc(=O)n1CC(=O)N1CCN(CC(C)(C)O)CC1. The third-order valence-electron chi connectivity index (χ3n) is 3.61. The molecule has 1 amide bonds. The van der Waals surface area contributed by atoms with E-state index in [1.165, 1.54) is 4.57 Å². The number of carbonyl (C=O) groups excluding carboxylic acids is 1. The van der Waals surface area contributed by atoms with Crippen LogP contribution >= 0.6 is 11.3 Å². The van der Waals surface area contributed by atoms with Crippen LogP contribution < -0.4 is 4.87 Å². The van der Waals surface area contributed by atoms with Gasteiger partial charge in [-0.1, -0.05) is 11.3 Å². The molecule has 0 aromatic carbocycles. The van der Waals surface area contributed by atoms with Crippen LogP contribution in [-0.2, 0) is 11.3 Å². The molecular weight excluding hydrogens is 290 g/mol. The van der Waals surface area contributed by atoms with E-state index in [4.69, 9.17) is 0 Å². The summed E-state index contributed by atoms with van der Waals surface area (Å²) in [5, 5.41) is 11.6. The standard InChI is InChI=1S/C14H23N3O3S/c1-11-9-21-13(19)17(11)8-12(18)16-6-4-15(5-7-16)10-14(2,3)20/h9,20H,4-8,10H2,1-3H3. The summed E-state index contributed by atoms with van der Waals surface area (Å²) in [5.41, 5.74) is 0.117. The first-order valence-corrected chi connectivity index (χ1v) is 8.02. The van der Waals surface area contributed by atoms with Gasteiger partial charge in [-0.15, -0.1) is 0 Å². The average Bonchev–Trinajstić information content (AvgIpc) is 2.69. The highest BCUT2D eigenvalue weighted by Crippen LogP contribution is 2.09. The molecule has 0 atom stereocenters. The number of β-amino-alcohol motifs (C(OH)–C–C–N with tert-alkyl or cyclic N) is 1. The molecule has 0 radical (unpaired) electrons. The number of hydrogen-bond donors (Lipinski definition) is 1. The fourth-order valence-corrected chi connectivity index (χ4v) is 3.27. The van der Waals surface area contributed by atoms with Gasteiger partial charge in [0.05, 0.1) is 5.60 Å². The number of aromatic nitrogens is 1. The van der Waals surface area contributed by atoms with E-state index in [1.807, 2.05) is 6.92 Å². The number of hydrogen-bond acceptors (Lipinski definition) is 5. The molecule has 1 saturated heterocycles. The molecule has 1 fully saturated rings. The van der Waals surface area contributed by atoms with Crippen molar-refractivity contribution in [3.05, 3.63) is 20.7 Å². The quantitative estimate of drug-likeness (QED) is 0.858. The molecule has 0 unspecified atom stereocenters. The highest BCUT2D eigenvalue weighted by Gasteiger charge is 2.25. The molecule has 21 heavy (non-hydrogen) atoms. The summed E-state index contributed by atoms with van der Waals surface area (Å²) in [6.45, 7) is 8.96. The molecule has 0 saturated carbocycles. The lowest BCUT2D eigenvalue weighted by Crippen LogP contribution is -2.52. The van der Waals surface area contributed by atoms with Crippen LogP contribution in [0.15, 0.2) is 10.2 Å². The maximum absolute atomic E-state index is 12.3. The Bertz CT molecular complexity index is 551. The number of thiazole rings is 1. The van der Waals surface area contributed by atoms with Crippen LogP contribution in [0.3, 0.4) is 0 Å². The van der Waals surface area contributed by atoms with E-state index < -0.39 is 5.60 Å². The van der Waals surface area contributed by atoms with Crippen molar-refractivity contribution in [1.82, 2.24) is 14.4 Å². The van der Waals surface area contributed by atoms with Gasteiger partial charge in [0.1, 0.15) is 6.54 Å². The number of aryl methyl sites for hydroxylation is 1. The van der Waals surface area contributed by atoms with Crippen molar-refractivity contribution >= 4 is 17.2 Å². The second-order valence-corrected chi connectivity index (χ2v) is 7.02. The van der Waals surface area contributed by atoms with E-state index in [2.05, 4.69) is 4.90 Å². The van der Waals surface area contributed by atoms with E-state index in [1.54, 1.807) is 24.1 Å². The summed E-state index contributed by atoms with van der Waals surface area (Å²) < 4.78 is 1.52. The molecule has 0 bridgehead atoms. The van der Waals surface area contributed by atoms with Crippen LogP contribution in [0.1, 0.15) is 19.5 Å². The summed E-state index contributed by atoms with van der Waals surface area (Å²) in [4.78, 5) is 27.8.